The largest absolute Gasteiger partial charge is 0.378 e. The normalized spacial score (nSPS) is 14.0. The number of para-hydroxylation sites is 1. The minimum Gasteiger partial charge on any atom is -0.378 e. The van der Waals surface area contributed by atoms with Gasteiger partial charge in [-0.25, -0.2) is 0 Å². The summed E-state index contributed by atoms with van der Waals surface area (Å²) in [5.74, 6) is 0.109. The second-order valence-corrected chi connectivity index (χ2v) is 21.8. The number of pyridine rings is 2. The number of amides is 5. The SMILES string of the molecule is CC(C)Cc1cc(C(=O)NCC(NC(=O)c2cc(CC(C)C)nc(CC(C)C)c2)C(=O)NCCOCCNC(=O)CCC(=O)N2Cc3ccccc3/C(C(C)C)=C(/C(C)C)c3ccccc32)cc(CC(C)C)n1. The van der Waals surface area contributed by atoms with Crippen LogP contribution in [0, 0.1) is 35.5 Å². The Morgan fingerprint density at radius 3 is 1.55 bits per heavy atom. The van der Waals surface area contributed by atoms with E-state index in [2.05, 4.69) is 129 Å². The highest BCUT2D eigenvalue weighted by Gasteiger charge is 2.30. The van der Waals surface area contributed by atoms with E-state index < -0.39 is 17.9 Å². The smallest absolute Gasteiger partial charge is 0.252 e. The molecule has 2 aromatic heterocycles. The van der Waals surface area contributed by atoms with Crippen molar-refractivity contribution in [2.75, 3.05) is 37.7 Å². The number of anilines is 1. The van der Waals surface area contributed by atoms with E-state index >= 15 is 0 Å². The lowest BCUT2D eigenvalue weighted by Gasteiger charge is -2.33. The Morgan fingerprint density at radius 2 is 1.03 bits per heavy atom. The van der Waals surface area contributed by atoms with Gasteiger partial charge in [0.2, 0.25) is 17.7 Å². The first-order valence-electron chi connectivity index (χ1n) is 26.6. The molecule has 0 radical (unpaired) electrons. The maximum absolute atomic E-state index is 14.1. The van der Waals surface area contributed by atoms with Gasteiger partial charge in [0.1, 0.15) is 6.04 Å². The third-order valence-electron chi connectivity index (χ3n) is 12.5. The maximum Gasteiger partial charge on any atom is 0.252 e. The molecule has 3 heterocycles. The second kappa shape index (κ2) is 27.7. The van der Waals surface area contributed by atoms with E-state index in [4.69, 9.17) is 14.7 Å². The first-order chi connectivity index (χ1) is 34.7. The molecule has 5 rings (SSSR count). The fourth-order valence-corrected chi connectivity index (χ4v) is 9.45. The van der Waals surface area contributed by atoms with E-state index in [1.165, 1.54) is 11.1 Å². The first-order valence-corrected chi connectivity index (χ1v) is 26.6. The van der Waals surface area contributed by atoms with Crippen molar-refractivity contribution in [3.05, 3.63) is 123 Å². The molecule has 2 aromatic carbocycles. The van der Waals surface area contributed by atoms with Crippen LogP contribution >= 0.6 is 0 Å². The molecule has 0 saturated carbocycles. The first kappa shape index (κ1) is 57.7. The van der Waals surface area contributed by atoms with Crippen LogP contribution in [0.4, 0.5) is 5.69 Å². The number of carbonyl (C=O) groups is 5. The van der Waals surface area contributed by atoms with Gasteiger partial charge in [-0.3, -0.25) is 33.9 Å². The van der Waals surface area contributed by atoms with Gasteiger partial charge in [0.15, 0.2) is 0 Å². The van der Waals surface area contributed by atoms with Crippen LogP contribution < -0.4 is 26.2 Å². The molecule has 0 bridgehead atoms. The van der Waals surface area contributed by atoms with E-state index in [1.807, 2.05) is 29.2 Å². The Labute approximate surface area is 435 Å². The van der Waals surface area contributed by atoms with Gasteiger partial charge in [-0.05, 0) is 114 Å². The zero-order chi connectivity index (χ0) is 53.4. The molecule has 4 aromatic rings. The van der Waals surface area contributed by atoms with Crippen LogP contribution in [0.5, 0.6) is 0 Å². The Bertz CT molecular complexity index is 2510. The van der Waals surface area contributed by atoms with E-state index in [0.29, 0.717) is 67.0 Å². The minimum absolute atomic E-state index is 0.0138. The molecule has 0 saturated heterocycles. The van der Waals surface area contributed by atoms with Gasteiger partial charge in [0.05, 0.1) is 25.4 Å². The van der Waals surface area contributed by atoms with E-state index in [9.17, 15) is 24.0 Å². The molecule has 13 heteroatoms. The number of nitrogens with zero attached hydrogens (tertiary/aromatic N) is 3. The molecule has 1 aliphatic heterocycles. The van der Waals surface area contributed by atoms with Crippen LogP contribution in [0.3, 0.4) is 0 Å². The highest BCUT2D eigenvalue weighted by Crippen LogP contribution is 2.44. The monoisotopic (exact) mass is 998 g/mol. The number of rotatable bonds is 25. The van der Waals surface area contributed by atoms with Crippen molar-refractivity contribution < 1.29 is 28.7 Å². The van der Waals surface area contributed by atoms with Crippen LogP contribution in [0.1, 0.15) is 156 Å². The number of fused-ring (bicyclic) bond motifs is 2. The predicted molar refractivity (Wildman–Crippen MR) is 293 cm³/mol. The number of carbonyl (C=O) groups excluding carboxylic acids is 5. The fraction of sp³-hybridized carbons (Fsp3) is 0.517. The van der Waals surface area contributed by atoms with Crippen molar-refractivity contribution in [1.82, 2.24) is 31.2 Å². The van der Waals surface area contributed by atoms with Gasteiger partial charge in [0, 0.05) is 71.9 Å². The molecule has 1 aliphatic rings. The Balaban J connectivity index is 1.18. The summed E-state index contributed by atoms with van der Waals surface area (Å²) in [6, 6.07) is 22.4. The number of ether oxygens (including phenoxy) is 1. The van der Waals surface area contributed by atoms with Gasteiger partial charge in [-0.15, -0.1) is 0 Å². The Morgan fingerprint density at radius 1 is 0.562 bits per heavy atom. The highest BCUT2D eigenvalue weighted by atomic mass is 16.5. The van der Waals surface area contributed by atoms with Crippen molar-refractivity contribution in [2.45, 2.75) is 134 Å². The van der Waals surface area contributed by atoms with Gasteiger partial charge < -0.3 is 30.9 Å². The van der Waals surface area contributed by atoms with Crippen LogP contribution in [-0.4, -0.2) is 78.4 Å². The lowest BCUT2D eigenvalue weighted by Crippen LogP contribution is -2.53. The summed E-state index contributed by atoms with van der Waals surface area (Å²) in [7, 11) is 0. The summed E-state index contributed by atoms with van der Waals surface area (Å²) in [5, 5.41) is 11.5. The summed E-state index contributed by atoms with van der Waals surface area (Å²) >= 11 is 0. The summed E-state index contributed by atoms with van der Waals surface area (Å²) in [6.07, 6.45) is 2.87. The van der Waals surface area contributed by atoms with Gasteiger partial charge >= 0.3 is 0 Å². The summed E-state index contributed by atoms with van der Waals surface area (Å²) in [4.78, 5) is 80.2. The van der Waals surface area contributed by atoms with Crippen molar-refractivity contribution in [3.8, 4) is 0 Å². The van der Waals surface area contributed by atoms with Crippen LogP contribution in [0.2, 0.25) is 0 Å². The molecule has 0 fully saturated rings. The second-order valence-electron chi connectivity index (χ2n) is 21.8. The van der Waals surface area contributed by atoms with Crippen molar-refractivity contribution >= 4 is 46.4 Å². The van der Waals surface area contributed by atoms with Crippen LogP contribution in [-0.2, 0) is 51.3 Å². The maximum atomic E-state index is 14.1. The van der Waals surface area contributed by atoms with Gasteiger partial charge in [0.25, 0.3) is 11.8 Å². The van der Waals surface area contributed by atoms with Gasteiger partial charge in [-0.1, -0.05) is 126 Å². The summed E-state index contributed by atoms with van der Waals surface area (Å²) in [5.41, 5.74) is 10.8. The number of hydrogen-bond donors (Lipinski definition) is 4. The zero-order valence-electron chi connectivity index (χ0n) is 45.7. The molecule has 73 heavy (non-hydrogen) atoms. The minimum atomic E-state index is -1.12. The molecule has 1 unspecified atom stereocenters. The molecule has 394 valence electrons. The quantitative estimate of drug-likeness (QED) is 0.0476. The molecule has 4 N–H and O–H groups in total. The van der Waals surface area contributed by atoms with Crippen LogP contribution in [0.15, 0.2) is 72.8 Å². The Hall–Kier alpha value is -6.21. The number of nitrogens with one attached hydrogen (secondary N) is 4. The molecular formula is C60H83N7O6. The number of aromatic nitrogens is 2. The average Bonchev–Trinajstić information content (AvgIpc) is 3.30. The lowest BCUT2D eigenvalue weighted by molar-refractivity contribution is -0.125. The van der Waals surface area contributed by atoms with Gasteiger partial charge in [-0.2, -0.15) is 0 Å². The third-order valence-corrected chi connectivity index (χ3v) is 12.5. The predicted octanol–water partition coefficient (Wildman–Crippen LogP) is 9.60. The van der Waals surface area contributed by atoms with E-state index in [-0.39, 0.29) is 75.2 Å². The van der Waals surface area contributed by atoms with Crippen molar-refractivity contribution in [3.63, 3.8) is 0 Å². The summed E-state index contributed by atoms with van der Waals surface area (Å²) < 4.78 is 5.78. The van der Waals surface area contributed by atoms with Crippen molar-refractivity contribution in [2.24, 2.45) is 35.5 Å². The number of benzene rings is 2. The topological polar surface area (TPSA) is 172 Å². The molecule has 0 aliphatic carbocycles. The lowest BCUT2D eigenvalue weighted by atomic mass is 9.79. The average molecular weight is 998 g/mol. The molecule has 1 atom stereocenters. The molecule has 5 amide bonds. The number of allylic oxidation sites excluding steroid dienone is 2. The molecular weight excluding hydrogens is 915 g/mol. The van der Waals surface area contributed by atoms with Crippen LogP contribution in [0.25, 0.3) is 11.1 Å². The molecule has 0 spiro atoms. The van der Waals surface area contributed by atoms with E-state index in [0.717, 1.165) is 45.2 Å². The zero-order valence-corrected chi connectivity index (χ0v) is 45.7. The fourth-order valence-electron chi connectivity index (χ4n) is 9.45. The number of hydrogen-bond acceptors (Lipinski definition) is 8. The standard InChI is InChI=1S/C60H83N7O6/c1-37(2)27-46-31-44(32-47(64-46)28-38(3)4)58(70)63-35-52(66-59(71)45-33-48(29-39(5)6)65-49(34-45)30-40(7)8)60(72)62-24-26-73-25-23-61-54(68)21-22-55(69)67-36-43-17-13-14-18-50(43)56(41(9)10)57(42(11)12)51-19-15-16-20-53(51)67/h13-20,31-34,37-42,52H,21-30,35-36H2,1-12H3,(H,61,68)(H,62,72)(H,63,70)(H,66,71)/b57-56-. The molecule has 13 nitrogen and oxygen atoms in total. The Kier molecular flexibility index (Phi) is 21.9. The van der Waals surface area contributed by atoms with E-state index in [1.54, 1.807) is 24.3 Å². The van der Waals surface area contributed by atoms with Crippen molar-refractivity contribution in [1.29, 1.82) is 0 Å². The summed E-state index contributed by atoms with van der Waals surface area (Å²) in [6.45, 7) is 26.5. The highest BCUT2D eigenvalue weighted by molar-refractivity contribution is 6.03. The third kappa shape index (κ3) is 17.5.